The molecule has 116 valence electrons. The molecule has 0 aliphatic rings. The van der Waals surface area contributed by atoms with Crippen LogP contribution in [-0.2, 0) is 17.9 Å². The lowest BCUT2D eigenvalue weighted by atomic mass is 10.1. The SMILES string of the molecule is COCc1cc(C(=O)NCc2ccc(C)cc2)ccc1OC. The van der Waals surface area contributed by atoms with E-state index in [0.717, 1.165) is 16.9 Å². The van der Waals surface area contributed by atoms with E-state index in [1.807, 2.05) is 31.2 Å². The van der Waals surface area contributed by atoms with Crippen molar-refractivity contribution in [2.45, 2.75) is 20.1 Å². The van der Waals surface area contributed by atoms with Crippen LogP contribution in [0.2, 0.25) is 0 Å². The first-order valence-corrected chi connectivity index (χ1v) is 7.13. The summed E-state index contributed by atoms with van der Waals surface area (Å²) in [6.45, 7) is 2.95. The van der Waals surface area contributed by atoms with E-state index in [2.05, 4.69) is 5.32 Å². The first kappa shape index (κ1) is 16.0. The fourth-order valence-corrected chi connectivity index (χ4v) is 2.18. The standard InChI is InChI=1S/C18H21NO3/c1-13-4-6-14(7-5-13)11-19-18(20)15-8-9-17(22-3)16(10-15)12-21-2/h4-10H,11-12H2,1-3H3,(H,19,20). The molecule has 0 aliphatic carbocycles. The number of rotatable bonds is 6. The summed E-state index contributed by atoms with van der Waals surface area (Å²) in [5.41, 5.74) is 3.73. The van der Waals surface area contributed by atoms with Crippen molar-refractivity contribution in [3.05, 3.63) is 64.7 Å². The third kappa shape index (κ3) is 4.09. The van der Waals surface area contributed by atoms with Gasteiger partial charge in [0.25, 0.3) is 5.91 Å². The molecular formula is C18H21NO3. The van der Waals surface area contributed by atoms with Gasteiger partial charge in [0.1, 0.15) is 5.75 Å². The number of amides is 1. The van der Waals surface area contributed by atoms with Gasteiger partial charge in [-0.25, -0.2) is 0 Å². The second-order valence-electron chi connectivity index (χ2n) is 5.13. The van der Waals surface area contributed by atoms with Gasteiger partial charge in [0, 0.05) is 24.8 Å². The Bertz CT molecular complexity index is 635. The van der Waals surface area contributed by atoms with Gasteiger partial charge in [0.05, 0.1) is 13.7 Å². The molecule has 1 amide bonds. The minimum atomic E-state index is -0.111. The van der Waals surface area contributed by atoms with Crippen molar-refractivity contribution >= 4 is 5.91 Å². The van der Waals surface area contributed by atoms with Crippen LogP contribution < -0.4 is 10.1 Å². The molecule has 0 radical (unpaired) electrons. The highest BCUT2D eigenvalue weighted by Crippen LogP contribution is 2.20. The summed E-state index contributed by atoms with van der Waals surface area (Å²) >= 11 is 0. The van der Waals surface area contributed by atoms with Gasteiger partial charge in [-0.05, 0) is 30.7 Å². The molecule has 4 nitrogen and oxygen atoms in total. The van der Waals surface area contributed by atoms with Gasteiger partial charge < -0.3 is 14.8 Å². The van der Waals surface area contributed by atoms with Crippen LogP contribution in [-0.4, -0.2) is 20.1 Å². The van der Waals surface area contributed by atoms with E-state index < -0.39 is 0 Å². The molecule has 0 atom stereocenters. The number of hydrogen-bond donors (Lipinski definition) is 1. The molecule has 2 aromatic carbocycles. The molecule has 0 fully saturated rings. The average molecular weight is 299 g/mol. The smallest absolute Gasteiger partial charge is 0.251 e. The summed E-state index contributed by atoms with van der Waals surface area (Å²) in [6, 6.07) is 13.4. The van der Waals surface area contributed by atoms with Gasteiger partial charge in [-0.15, -0.1) is 0 Å². The number of aryl methyl sites for hydroxylation is 1. The van der Waals surface area contributed by atoms with Crippen molar-refractivity contribution in [1.29, 1.82) is 0 Å². The summed E-state index contributed by atoms with van der Waals surface area (Å²) in [4.78, 5) is 12.2. The highest BCUT2D eigenvalue weighted by molar-refractivity contribution is 5.94. The Morgan fingerprint density at radius 2 is 1.82 bits per heavy atom. The van der Waals surface area contributed by atoms with E-state index in [1.54, 1.807) is 32.4 Å². The molecule has 0 unspecified atom stereocenters. The second-order valence-corrected chi connectivity index (χ2v) is 5.13. The minimum absolute atomic E-state index is 0.111. The van der Waals surface area contributed by atoms with Crippen LogP contribution in [0, 0.1) is 6.92 Å². The summed E-state index contributed by atoms with van der Waals surface area (Å²) in [7, 11) is 3.22. The Morgan fingerprint density at radius 1 is 1.09 bits per heavy atom. The highest BCUT2D eigenvalue weighted by atomic mass is 16.5. The number of carbonyl (C=O) groups is 1. The summed E-state index contributed by atoms with van der Waals surface area (Å²) in [5.74, 6) is 0.609. The molecule has 0 spiro atoms. The highest BCUT2D eigenvalue weighted by Gasteiger charge is 2.10. The van der Waals surface area contributed by atoms with Crippen LogP contribution in [0.5, 0.6) is 5.75 Å². The zero-order chi connectivity index (χ0) is 15.9. The van der Waals surface area contributed by atoms with Crippen LogP contribution in [0.15, 0.2) is 42.5 Å². The predicted molar refractivity (Wildman–Crippen MR) is 86.1 cm³/mol. The number of nitrogens with one attached hydrogen (secondary N) is 1. The van der Waals surface area contributed by atoms with Gasteiger partial charge in [0.2, 0.25) is 0 Å². The van der Waals surface area contributed by atoms with E-state index in [0.29, 0.717) is 18.7 Å². The van der Waals surface area contributed by atoms with E-state index in [4.69, 9.17) is 9.47 Å². The Kier molecular flexibility index (Phi) is 5.55. The monoisotopic (exact) mass is 299 g/mol. The minimum Gasteiger partial charge on any atom is -0.496 e. The first-order chi connectivity index (χ1) is 10.6. The molecule has 2 aromatic rings. The Labute approximate surface area is 131 Å². The molecule has 2 rings (SSSR count). The summed E-state index contributed by atoms with van der Waals surface area (Å²) < 4.78 is 10.4. The Morgan fingerprint density at radius 3 is 2.45 bits per heavy atom. The largest absolute Gasteiger partial charge is 0.496 e. The summed E-state index contributed by atoms with van der Waals surface area (Å²) in [6.07, 6.45) is 0. The van der Waals surface area contributed by atoms with Crippen molar-refractivity contribution in [3.63, 3.8) is 0 Å². The number of hydrogen-bond acceptors (Lipinski definition) is 3. The van der Waals surface area contributed by atoms with Gasteiger partial charge in [0.15, 0.2) is 0 Å². The van der Waals surface area contributed by atoms with Crippen LogP contribution >= 0.6 is 0 Å². The van der Waals surface area contributed by atoms with Gasteiger partial charge in [-0.2, -0.15) is 0 Å². The molecule has 0 bridgehead atoms. The molecule has 22 heavy (non-hydrogen) atoms. The van der Waals surface area contributed by atoms with Crippen LogP contribution in [0.25, 0.3) is 0 Å². The molecular weight excluding hydrogens is 278 g/mol. The Balaban J connectivity index is 2.05. The van der Waals surface area contributed by atoms with Crippen LogP contribution in [0.4, 0.5) is 0 Å². The quantitative estimate of drug-likeness (QED) is 0.891. The predicted octanol–water partition coefficient (Wildman–Crippen LogP) is 3.08. The van der Waals surface area contributed by atoms with Crippen molar-refractivity contribution < 1.29 is 14.3 Å². The average Bonchev–Trinajstić information content (AvgIpc) is 2.54. The first-order valence-electron chi connectivity index (χ1n) is 7.13. The molecule has 4 heteroatoms. The van der Waals surface area contributed by atoms with E-state index in [1.165, 1.54) is 5.56 Å². The topological polar surface area (TPSA) is 47.6 Å². The molecule has 0 heterocycles. The molecule has 0 saturated carbocycles. The lowest BCUT2D eigenvalue weighted by Gasteiger charge is -2.11. The Hall–Kier alpha value is -2.33. The maximum absolute atomic E-state index is 12.2. The third-order valence-electron chi connectivity index (χ3n) is 3.42. The lowest BCUT2D eigenvalue weighted by Crippen LogP contribution is -2.23. The molecule has 0 saturated heterocycles. The van der Waals surface area contributed by atoms with Gasteiger partial charge in [-0.1, -0.05) is 29.8 Å². The van der Waals surface area contributed by atoms with E-state index in [9.17, 15) is 4.79 Å². The summed E-state index contributed by atoms with van der Waals surface area (Å²) in [5, 5.41) is 2.92. The number of carbonyl (C=O) groups excluding carboxylic acids is 1. The number of benzene rings is 2. The fourth-order valence-electron chi connectivity index (χ4n) is 2.18. The van der Waals surface area contributed by atoms with Crippen molar-refractivity contribution in [3.8, 4) is 5.75 Å². The maximum Gasteiger partial charge on any atom is 0.251 e. The van der Waals surface area contributed by atoms with Gasteiger partial charge >= 0.3 is 0 Å². The van der Waals surface area contributed by atoms with Crippen LogP contribution in [0.1, 0.15) is 27.0 Å². The fraction of sp³-hybridized carbons (Fsp3) is 0.278. The number of ether oxygens (including phenoxy) is 2. The number of methoxy groups -OCH3 is 2. The zero-order valence-corrected chi connectivity index (χ0v) is 13.2. The normalized spacial score (nSPS) is 10.3. The van der Waals surface area contributed by atoms with Gasteiger partial charge in [-0.3, -0.25) is 4.79 Å². The molecule has 1 N–H and O–H groups in total. The maximum atomic E-state index is 12.2. The lowest BCUT2D eigenvalue weighted by molar-refractivity contribution is 0.0950. The van der Waals surface area contributed by atoms with E-state index >= 15 is 0 Å². The third-order valence-corrected chi connectivity index (χ3v) is 3.42. The van der Waals surface area contributed by atoms with Crippen molar-refractivity contribution in [2.75, 3.05) is 14.2 Å². The molecule has 0 aliphatic heterocycles. The second kappa shape index (κ2) is 7.61. The molecule has 0 aromatic heterocycles. The van der Waals surface area contributed by atoms with Crippen molar-refractivity contribution in [1.82, 2.24) is 5.32 Å². The van der Waals surface area contributed by atoms with Crippen LogP contribution in [0.3, 0.4) is 0 Å². The van der Waals surface area contributed by atoms with E-state index in [-0.39, 0.29) is 5.91 Å². The van der Waals surface area contributed by atoms with Crippen molar-refractivity contribution in [2.24, 2.45) is 0 Å². The zero-order valence-electron chi connectivity index (χ0n) is 13.2.